The van der Waals surface area contributed by atoms with Crippen LogP contribution in [-0.2, 0) is 13.1 Å². The van der Waals surface area contributed by atoms with Crippen molar-refractivity contribution < 1.29 is 4.74 Å². The van der Waals surface area contributed by atoms with Gasteiger partial charge in [-0.05, 0) is 46.4 Å². The summed E-state index contributed by atoms with van der Waals surface area (Å²) in [6.07, 6.45) is 25.9. The molecule has 1 heterocycles. The van der Waals surface area contributed by atoms with Gasteiger partial charge in [-0.2, -0.15) is 0 Å². The van der Waals surface area contributed by atoms with Crippen LogP contribution in [0.2, 0.25) is 0 Å². The number of hydrogen-bond acceptors (Lipinski definition) is 4. The molecule has 0 unspecified atom stereocenters. The number of unbranched alkanes of at least 4 members (excludes halogenated alkanes) is 15. The van der Waals surface area contributed by atoms with Gasteiger partial charge in [-0.1, -0.05) is 110 Å². The first-order chi connectivity index (χ1) is 18.1. The molecule has 1 rings (SSSR count). The molecule has 1 aromatic heterocycles. The van der Waals surface area contributed by atoms with Crippen molar-refractivity contribution >= 4 is 0 Å². The summed E-state index contributed by atoms with van der Waals surface area (Å²) in [5.41, 5.74) is 1.06. The van der Waals surface area contributed by atoms with Crippen LogP contribution in [0.1, 0.15) is 135 Å². The van der Waals surface area contributed by atoms with Crippen LogP contribution in [0, 0.1) is 0 Å². The SMILES string of the molecule is CCCCCCCCCCCCCCCCCCOc1cn(CCC)c(CNCCCN(C)C)cc1=O. The summed E-state index contributed by atoms with van der Waals surface area (Å²) in [5.74, 6) is 0.505. The first-order valence-electron chi connectivity index (χ1n) is 15.8. The van der Waals surface area contributed by atoms with Crippen LogP contribution >= 0.6 is 0 Å². The molecular weight excluding hydrogens is 458 g/mol. The number of hydrogen-bond donors (Lipinski definition) is 1. The van der Waals surface area contributed by atoms with E-state index in [0.717, 1.165) is 51.1 Å². The number of ether oxygens (including phenoxy) is 1. The van der Waals surface area contributed by atoms with Crippen molar-refractivity contribution in [3.8, 4) is 5.75 Å². The van der Waals surface area contributed by atoms with Crippen LogP contribution in [-0.4, -0.2) is 43.3 Å². The van der Waals surface area contributed by atoms with Gasteiger partial charge in [0, 0.05) is 24.8 Å². The number of rotatable bonds is 26. The van der Waals surface area contributed by atoms with E-state index in [9.17, 15) is 4.79 Å². The van der Waals surface area contributed by atoms with Crippen LogP contribution in [0.5, 0.6) is 5.75 Å². The zero-order chi connectivity index (χ0) is 27.0. The second kappa shape index (κ2) is 23.8. The molecule has 1 aromatic rings. The van der Waals surface area contributed by atoms with Gasteiger partial charge in [0.05, 0.1) is 12.8 Å². The van der Waals surface area contributed by atoms with Gasteiger partial charge < -0.3 is 19.5 Å². The van der Waals surface area contributed by atoms with Crippen LogP contribution in [0.25, 0.3) is 0 Å². The fourth-order valence-electron chi connectivity index (χ4n) is 4.87. The Morgan fingerprint density at radius 2 is 1.30 bits per heavy atom. The minimum atomic E-state index is 0.00828. The third kappa shape index (κ3) is 18.5. The lowest BCUT2D eigenvalue weighted by Gasteiger charge is -2.16. The standard InChI is InChI=1S/C32H61N3O2/c1-5-7-8-9-10-11-12-13-14-15-16-17-18-19-20-21-26-37-32-29-35(24-6-2)30(27-31(32)36)28-33-23-22-25-34(3)4/h27,29,33H,5-26,28H2,1-4H3. The van der Waals surface area contributed by atoms with Gasteiger partial charge in [-0.3, -0.25) is 4.79 Å². The van der Waals surface area contributed by atoms with Crippen molar-refractivity contribution in [2.75, 3.05) is 33.8 Å². The van der Waals surface area contributed by atoms with Gasteiger partial charge >= 0.3 is 0 Å². The van der Waals surface area contributed by atoms with E-state index in [4.69, 9.17) is 4.74 Å². The molecule has 0 atom stereocenters. The fourth-order valence-corrected chi connectivity index (χ4v) is 4.87. The Hall–Kier alpha value is -1.33. The average Bonchev–Trinajstić information content (AvgIpc) is 2.87. The number of aryl methyl sites for hydroxylation is 1. The summed E-state index contributed by atoms with van der Waals surface area (Å²) in [5, 5.41) is 3.48. The Balaban J connectivity index is 2.10. The number of pyridine rings is 1. The molecule has 0 fully saturated rings. The monoisotopic (exact) mass is 519 g/mol. The zero-order valence-corrected chi connectivity index (χ0v) is 25.1. The topological polar surface area (TPSA) is 46.5 Å². The fraction of sp³-hybridized carbons (Fsp3) is 0.844. The minimum Gasteiger partial charge on any atom is -0.488 e. The summed E-state index contributed by atoms with van der Waals surface area (Å²) in [6, 6.07) is 1.76. The van der Waals surface area contributed by atoms with E-state index < -0.39 is 0 Å². The summed E-state index contributed by atoms with van der Waals surface area (Å²) < 4.78 is 8.09. The highest BCUT2D eigenvalue weighted by atomic mass is 16.5. The van der Waals surface area contributed by atoms with Crippen LogP contribution < -0.4 is 15.5 Å². The largest absolute Gasteiger partial charge is 0.488 e. The predicted octanol–water partition coefficient (Wildman–Crippen LogP) is 7.94. The molecule has 0 aliphatic carbocycles. The molecule has 0 bridgehead atoms. The first-order valence-corrected chi connectivity index (χ1v) is 15.8. The Bertz CT molecular complexity index is 702. The van der Waals surface area contributed by atoms with Crippen molar-refractivity contribution in [1.82, 2.24) is 14.8 Å². The maximum atomic E-state index is 12.6. The normalized spacial score (nSPS) is 11.5. The molecule has 0 spiro atoms. The van der Waals surface area contributed by atoms with Crippen molar-refractivity contribution in [3.05, 3.63) is 28.2 Å². The molecule has 5 nitrogen and oxygen atoms in total. The van der Waals surface area contributed by atoms with Crippen molar-refractivity contribution in [3.63, 3.8) is 0 Å². The quantitative estimate of drug-likeness (QED) is 0.126. The summed E-state index contributed by atoms with van der Waals surface area (Å²) >= 11 is 0. The van der Waals surface area contributed by atoms with E-state index in [2.05, 4.69) is 42.7 Å². The summed E-state index contributed by atoms with van der Waals surface area (Å²) in [6.45, 7) is 8.75. The van der Waals surface area contributed by atoms with Crippen molar-refractivity contribution in [2.24, 2.45) is 0 Å². The summed E-state index contributed by atoms with van der Waals surface area (Å²) in [7, 11) is 4.19. The van der Waals surface area contributed by atoms with Crippen molar-refractivity contribution in [1.29, 1.82) is 0 Å². The number of nitrogens with zero attached hydrogens (tertiary/aromatic N) is 2. The highest BCUT2D eigenvalue weighted by Gasteiger charge is 2.08. The highest BCUT2D eigenvalue weighted by Crippen LogP contribution is 2.14. The Labute approximate surface area is 229 Å². The van der Waals surface area contributed by atoms with E-state index in [0.29, 0.717) is 12.4 Å². The lowest BCUT2D eigenvalue weighted by molar-refractivity contribution is 0.298. The van der Waals surface area contributed by atoms with Gasteiger partial charge in [-0.25, -0.2) is 0 Å². The van der Waals surface area contributed by atoms with Gasteiger partial charge in [0.25, 0.3) is 0 Å². The van der Waals surface area contributed by atoms with E-state index in [1.807, 2.05) is 6.20 Å². The molecule has 5 heteroatoms. The molecule has 216 valence electrons. The Morgan fingerprint density at radius 1 is 0.757 bits per heavy atom. The van der Waals surface area contributed by atoms with Gasteiger partial charge in [0.2, 0.25) is 5.43 Å². The number of aromatic nitrogens is 1. The smallest absolute Gasteiger partial charge is 0.223 e. The molecular formula is C32H61N3O2. The molecule has 0 saturated heterocycles. The molecule has 0 aromatic carbocycles. The third-order valence-electron chi connectivity index (χ3n) is 7.17. The maximum Gasteiger partial charge on any atom is 0.223 e. The lowest BCUT2D eigenvalue weighted by atomic mass is 10.0. The lowest BCUT2D eigenvalue weighted by Crippen LogP contribution is -2.24. The average molecular weight is 520 g/mol. The Morgan fingerprint density at radius 3 is 1.81 bits per heavy atom. The van der Waals surface area contributed by atoms with Crippen molar-refractivity contribution in [2.45, 2.75) is 143 Å². The van der Waals surface area contributed by atoms with Gasteiger partial charge in [0.15, 0.2) is 5.75 Å². The third-order valence-corrected chi connectivity index (χ3v) is 7.17. The Kier molecular flexibility index (Phi) is 21.6. The van der Waals surface area contributed by atoms with Gasteiger partial charge in [0.1, 0.15) is 0 Å². The van der Waals surface area contributed by atoms with E-state index >= 15 is 0 Å². The van der Waals surface area contributed by atoms with E-state index in [-0.39, 0.29) is 5.43 Å². The molecule has 0 aliphatic heterocycles. The maximum absolute atomic E-state index is 12.6. The molecule has 0 saturated carbocycles. The summed E-state index contributed by atoms with van der Waals surface area (Å²) in [4.78, 5) is 14.8. The van der Waals surface area contributed by atoms with E-state index in [1.54, 1.807) is 6.07 Å². The molecule has 0 radical (unpaired) electrons. The second-order valence-corrected chi connectivity index (χ2v) is 11.2. The predicted molar refractivity (Wildman–Crippen MR) is 161 cm³/mol. The van der Waals surface area contributed by atoms with Crippen LogP contribution in [0.3, 0.4) is 0 Å². The second-order valence-electron chi connectivity index (χ2n) is 11.2. The van der Waals surface area contributed by atoms with Crippen LogP contribution in [0.15, 0.2) is 17.1 Å². The van der Waals surface area contributed by atoms with E-state index in [1.165, 1.54) is 96.3 Å². The zero-order valence-electron chi connectivity index (χ0n) is 25.1. The van der Waals surface area contributed by atoms with Crippen LogP contribution in [0.4, 0.5) is 0 Å². The molecule has 1 N–H and O–H groups in total. The van der Waals surface area contributed by atoms with Gasteiger partial charge in [-0.15, -0.1) is 0 Å². The molecule has 0 aliphatic rings. The highest BCUT2D eigenvalue weighted by molar-refractivity contribution is 5.22. The number of nitrogens with one attached hydrogen (secondary N) is 1. The first kappa shape index (κ1) is 33.7. The minimum absolute atomic E-state index is 0.00828. The molecule has 37 heavy (non-hydrogen) atoms. The molecule has 0 amide bonds.